The van der Waals surface area contributed by atoms with Gasteiger partial charge in [-0.25, -0.2) is 4.98 Å². The molecule has 2 fully saturated rings. The van der Waals surface area contributed by atoms with E-state index in [2.05, 4.69) is 30.4 Å². The summed E-state index contributed by atoms with van der Waals surface area (Å²) in [7, 11) is 0. The van der Waals surface area contributed by atoms with Crippen LogP contribution in [0.25, 0.3) is 5.65 Å². The van der Waals surface area contributed by atoms with E-state index < -0.39 is 0 Å². The van der Waals surface area contributed by atoms with Crippen LogP contribution in [0.5, 0.6) is 5.88 Å². The predicted molar refractivity (Wildman–Crippen MR) is 142 cm³/mol. The van der Waals surface area contributed by atoms with Gasteiger partial charge in [0.15, 0.2) is 0 Å². The number of hydrogen-bond acceptors (Lipinski definition) is 10. The molecule has 0 unspecified atom stereocenters. The number of hydrogen-bond donors (Lipinski definition) is 2. The molecule has 0 radical (unpaired) electrons. The van der Waals surface area contributed by atoms with Crippen molar-refractivity contribution in [1.29, 1.82) is 0 Å². The molecule has 6 heterocycles. The first-order valence-electron chi connectivity index (χ1n) is 12.8. The summed E-state index contributed by atoms with van der Waals surface area (Å²) in [5, 5.41) is 6.69. The number of morpholine rings is 1. The summed E-state index contributed by atoms with van der Waals surface area (Å²) in [6.07, 6.45) is 8.01. The molecule has 0 spiro atoms. The molecule has 192 valence electrons. The average Bonchev–Trinajstić information content (AvgIpc) is 3.62. The highest BCUT2D eigenvalue weighted by Gasteiger charge is 2.17. The summed E-state index contributed by atoms with van der Waals surface area (Å²) >= 11 is 0. The van der Waals surface area contributed by atoms with Gasteiger partial charge in [-0.1, -0.05) is 6.07 Å². The highest BCUT2D eigenvalue weighted by molar-refractivity contribution is 5.65. The zero-order valence-corrected chi connectivity index (χ0v) is 20.7. The first-order chi connectivity index (χ1) is 18.3. The van der Waals surface area contributed by atoms with E-state index in [-0.39, 0.29) is 0 Å². The van der Waals surface area contributed by atoms with Gasteiger partial charge in [0, 0.05) is 75.2 Å². The Kier molecular flexibility index (Phi) is 6.95. The highest BCUT2D eigenvalue weighted by atomic mass is 16.5. The third-order valence-corrected chi connectivity index (χ3v) is 6.54. The predicted octanol–water partition coefficient (Wildman–Crippen LogP) is 3.32. The molecule has 37 heavy (non-hydrogen) atoms. The molecule has 0 atom stereocenters. The summed E-state index contributed by atoms with van der Waals surface area (Å²) < 4.78 is 13.3. The van der Waals surface area contributed by atoms with Crippen LogP contribution in [0.1, 0.15) is 12.8 Å². The van der Waals surface area contributed by atoms with E-state index >= 15 is 0 Å². The lowest BCUT2D eigenvalue weighted by Crippen LogP contribution is -2.38. The first-order valence-corrected chi connectivity index (χ1v) is 12.8. The molecular formula is C26H31N9O2. The fourth-order valence-electron chi connectivity index (χ4n) is 4.58. The number of ether oxygens (including phenoxy) is 2. The van der Waals surface area contributed by atoms with E-state index in [1.165, 1.54) is 0 Å². The van der Waals surface area contributed by atoms with Crippen LogP contribution in [-0.4, -0.2) is 81.8 Å². The fourth-order valence-corrected chi connectivity index (χ4v) is 4.58. The van der Waals surface area contributed by atoms with Gasteiger partial charge in [-0.3, -0.25) is 4.90 Å². The number of pyridine rings is 2. The van der Waals surface area contributed by atoms with Crippen molar-refractivity contribution in [3.8, 4) is 5.88 Å². The summed E-state index contributed by atoms with van der Waals surface area (Å²) in [6.45, 7) is 6.84. The van der Waals surface area contributed by atoms with Crippen LogP contribution in [0.15, 0.2) is 55.0 Å². The Bertz CT molecular complexity index is 1330. The molecule has 11 heteroatoms. The normalized spacial score (nSPS) is 16.3. The second-order valence-electron chi connectivity index (χ2n) is 9.15. The van der Waals surface area contributed by atoms with E-state index in [0.717, 1.165) is 75.9 Å². The van der Waals surface area contributed by atoms with E-state index in [1.807, 2.05) is 53.2 Å². The second kappa shape index (κ2) is 11.0. The molecular weight excluding hydrogens is 470 g/mol. The first kappa shape index (κ1) is 23.4. The van der Waals surface area contributed by atoms with Crippen LogP contribution >= 0.6 is 0 Å². The van der Waals surface area contributed by atoms with Crippen LogP contribution in [-0.2, 0) is 4.74 Å². The van der Waals surface area contributed by atoms with Crippen molar-refractivity contribution in [2.45, 2.75) is 12.8 Å². The number of nitrogens with zero attached hydrogens (tertiary/aromatic N) is 7. The number of anilines is 5. The van der Waals surface area contributed by atoms with Crippen molar-refractivity contribution in [3.63, 3.8) is 0 Å². The quantitative estimate of drug-likeness (QED) is 0.355. The van der Waals surface area contributed by atoms with Gasteiger partial charge in [-0.05, 0) is 25.0 Å². The van der Waals surface area contributed by atoms with Gasteiger partial charge in [0.05, 0.1) is 13.2 Å². The van der Waals surface area contributed by atoms with Gasteiger partial charge in [0.1, 0.15) is 29.7 Å². The zero-order chi connectivity index (χ0) is 24.9. The van der Waals surface area contributed by atoms with Gasteiger partial charge in [0.25, 0.3) is 0 Å². The maximum Gasteiger partial charge on any atom is 0.232 e. The smallest absolute Gasteiger partial charge is 0.232 e. The van der Waals surface area contributed by atoms with Crippen LogP contribution in [0, 0.1) is 0 Å². The van der Waals surface area contributed by atoms with Gasteiger partial charge >= 0.3 is 0 Å². The lowest BCUT2D eigenvalue weighted by atomic mass is 10.3. The van der Waals surface area contributed by atoms with E-state index in [4.69, 9.17) is 19.4 Å². The lowest BCUT2D eigenvalue weighted by molar-refractivity contribution is 0.0320. The minimum absolute atomic E-state index is 0.478. The Labute approximate surface area is 215 Å². The summed E-state index contributed by atoms with van der Waals surface area (Å²) in [6, 6.07) is 11.7. The average molecular weight is 502 g/mol. The molecule has 4 aromatic heterocycles. The molecule has 11 nitrogen and oxygen atoms in total. The minimum Gasteiger partial charge on any atom is -0.476 e. The van der Waals surface area contributed by atoms with E-state index in [0.29, 0.717) is 30.1 Å². The molecule has 0 aromatic carbocycles. The number of nitrogens with one attached hydrogen (secondary N) is 2. The van der Waals surface area contributed by atoms with Gasteiger partial charge in [0.2, 0.25) is 11.8 Å². The third kappa shape index (κ3) is 5.89. The van der Waals surface area contributed by atoms with Gasteiger partial charge < -0.3 is 29.4 Å². The van der Waals surface area contributed by atoms with Crippen molar-refractivity contribution >= 4 is 34.7 Å². The van der Waals surface area contributed by atoms with Crippen molar-refractivity contribution in [1.82, 2.24) is 29.2 Å². The van der Waals surface area contributed by atoms with Crippen LogP contribution < -0.4 is 20.3 Å². The van der Waals surface area contributed by atoms with Crippen LogP contribution in [0.3, 0.4) is 0 Å². The number of aromatic nitrogens is 5. The number of rotatable bonds is 9. The van der Waals surface area contributed by atoms with Crippen molar-refractivity contribution in [3.05, 3.63) is 55.0 Å². The molecule has 2 aliphatic heterocycles. The van der Waals surface area contributed by atoms with Crippen LogP contribution in [0.4, 0.5) is 29.1 Å². The van der Waals surface area contributed by atoms with Crippen molar-refractivity contribution in [2.24, 2.45) is 0 Å². The molecule has 0 amide bonds. The van der Waals surface area contributed by atoms with E-state index in [1.54, 1.807) is 6.20 Å². The molecule has 0 bridgehead atoms. The molecule has 2 saturated heterocycles. The zero-order valence-electron chi connectivity index (χ0n) is 20.7. The Morgan fingerprint density at radius 1 is 0.892 bits per heavy atom. The lowest BCUT2D eigenvalue weighted by Gasteiger charge is -2.26. The third-order valence-electron chi connectivity index (χ3n) is 6.54. The molecule has 0 aliphatic carbocycles. The molecule has 6 rings (SSSR count). The highest BCUT2D eigenvalue weighted by Crippen LogP contribution is 2.26. The van der Waals surface area contributed by atoms with Crippen molar-refractivity contribution < 1.29 is 9.47 Å². The fraction of sp³-hybridized carbons (Fsp3) is 0.385. The Hall–Kier alpha value is -3.96. The molecule has 0 saturated carbocycles. The molecule has 2 N–H and O–H groups in total. The number of fused-ring (bicyclic) bond motifs is 1. The largest absolute Gasteiger partial charge is 0.476 e. The van der Waals surface area contributed by atoms with Gasteiger partial charge in [-0.15, -0.1) is 0 Å². The summed E-state index contributed by atoms with van der Waals surface area (Å²) in [4.78, 5) is 23.1. The standard InChI is InChI=1S/C26H31N9O2/c1-2-9-34(8-1)24-19-22(28-20-6-10-35-11-7-27-23(35)18-20)31-26(32-24)30-21-4-3-5-25(29-21)37-17-14-33-12-15-36-16-13-33/h3-7,10-11,18-19H,1-2,8-9,12-17H2,(H2,28,29,30,31,32). The second-order valence-corrected chi connectivity index (χ2v) is 9.15. The molecule has 4 aromatic rings. The monoisotopic (exact) mass is 501 g/mol. The number of imidazole rings is 1. The van der Waals surface area contributed by atoms with Gasteiger partial charge in [-0.2, -0.15) is 15.0 Å². The SMILES string of the molecule is c1cc(Nc2nc(Nc3ccn4ccnc4c3)cc(N3CCCC3)n2)nc(OCCN2CCOCC2)c1. The summed E-state index contributed by atoms with van der Waals surface area (Å²) in [5.41, 5.74) is 1.77. The maximum atomic E-state index is 5.92. The summed E-state index contributed by atoms with van der Waals surface area (Å²) in [5.74, 6) is 3.27. The Morgan fingerprint density at radius 3 is 2.68 bits per heavy atom. The van der Waals surface area contributed by atoms with E-state index in [9.17, 15) is 0 Å². The maximum absolute atomic E-state index is 5.92. The molecule has 2 aliphatic rings. The van der Waals surface area contributed by atoms with Crippen LogP contribution in [0.2, 0.25) is 0 Å². The topological polar surface area (TPSA) is 105 Å². The Balaban J connectivity index is 1.18. The van der Waals surface area contributed by atoms with Crippen molar-refractivity contribution in [2.75, 3.05) is 68.1 Å². The Morgan fingerprint density at radius 2 is 1.78 bits per heavy atom. The minimum atomic E-state index is 0.478.